The molecule has 0 unspecified atom stereocenters. The summed E-state index contributed by atoms with van der Waals surface area (Å²) in [6.45, 7) is 6.61. The lowest BCUT2D eigenvalue weighted by molar-refractivity contribution is 0.471. The Bertz CT molecular complexity index is 365. The van der Waals surface area contributed by atoms with Crippen molar-refractivity contribution in [3.8, 4) is 0 Å². The van der Waals surface area contributed by atoms with Gasteiger partial charge >= 0.3 is 0 Å². The van der Waals surface area contributed by atoms with Gasteiger partial charge in [-0.25, -0.2) is 0 Å². The fourth-order valence-corrected chi connectivity index (χ4v) is 1.45. The molecule has 0 aliphatic heterocycles. The van der Waals surface area contributed by atoms with Crippen molar-refractivity contribution in [2.45, 2.75) is 32.7 Å². The highest BCUT2D eigenvalue weighted by Crippen LogP contribution is 2.24. The maximum atomic E-state index is 7.34. The van der Waals surface area contributed by atoms with Gasteiger partial charge in [-0.15, -0.1) is 0 Å². The van der Waals surface area contributed by atoms with E-state index in [2.05, 4.69) is 32.7 Å². The minimum atomic E-state index is 0.115. The molecule has 1 aromatic rings. The first-order chi connectivity index (χ1) is 7.38. The molecule has 0 aliphatic carbocycles. The van der Waals surface area contributed by atoms with Crippen molar-refractivity contribution in [3.05, 3.63) is 29.8 Å². The molecule has 1 aromatic carbocycles. The summed E-state index contributed by atoms with van der Waals surface area (Å²) in [5.41, 5.74) is 7.48. The van der Waals surface area contributed by atoms with Gasteiger partial charge in [0.2, 0.25) is 0 Å². The van der Waals surface area contributed by atoms with E-state index in [4.69, 9.17) is 11.1 Å². The van der Waals surface area contributed by atoms with Crippen molar-refractivity contribution in [2.75, 3.05) is 11.9 Å². The van der Waals surface area contributed by atoms with E-state index in [0.717, 1.165) is 17.7 Å². The van der Waals surface area contributed by atoms with E-state index in [9.17, 15) is 0 Å². The zero-order chi connectivity index (χ0) is 12.3. The molecule has 88 valence electrons. The van der Waals surface area contributed by atoms with Crippen LogP contribution in [-0.2, 0) is 0 Å². The Labute approximate surface area is 97.8 Å². The number of nitrogen functional groups attached to an aromatic ring is 1. The van der Waals surface area contributed by atoms with Crippen LogP contribution in [0.1, 0.15) is 32.8 Å². The van der Waals surface area contributed by atoms with Gasteiger partial charge in [0.25, 0.3) is 0 Å². The van der Waals surface area contributed by atoms with E-state index in [1.807, 2.05) is 24.3 Å². The zero-order valence-electron chi connectivity index (χ0n) is 10.5. The molecule has 0 saturated carbocycles. The largest absolute Gasteiger partial charge is 0.384 e. The molecular weight excluding hydrogens is 198 g/mol. The van der Waals surface area contributed by atoms with Crippen LogP contribution in [0, 0.1) is 5.41 Å². The van der Waals surface area contributed by atoms with Crippen molar-refractivity contribution in [1.29, 1.82) is 5.41 Å². The topological polar surface area (TPSA) is 53.1 Å². The molecule has 0 bridgehead atoms. The Balaban J connectivity index is 2.94. The SMILES string of the molecule is CCC(C)(C)N(C)c1ccc(C(=N)N)cc1. The third-order valence-corrected chi connectivity index (χ3v) is 3.34. The van der Waals surface area contributed by atoms with Gasteiger partial charge in [0.1, 0.15) is 5.84 Å². The molecule has 3 nitrogen and oxygen atoms in total. The fourth-order valence-electron chi connectivity index (χ4n) is 1.45. The van der Waals surface area contributed by atoms with Gasteiger partial charge in [-0.3, -0.25) is 5.41 Å². The molecule has 1 rings (SSSR count). The van der Waals surface area contributed by atoms with Gasteiger partial charge in [0.15, 0.2) is 0 Å². The van der Waals surface area contributed by atoms with E-state index in [-0.39, 0.29) is 11.4 Å². The van der Waals surface area contributed by atoms with Crippen molar-refractivity contribution in [3.63, 3.8) is 0 Å². The van der Waals surface area contributed by atoms with E-state index in [1.165, 1.54) is 0 Å². The molecule has 0 amide bonds. The van der Waals surface area contributed by atoms with Crippen LogP contribution >= 0.6 is 0 Å². The number of hydrogen-bond donors (Lipinski definition) is 2. The molecule has 0 aromatic heterocycles. The summed E-state index contributed by atoms with van der Waals surface area (Å²) in [5, 5.41) is 7.34. The third kappa shape index (κ3) is 2.54. The highest BCUT2D eigenvalue weighted by molar-refractivity contribution is 5.95. The summed E-state index contributed by atoms with van der Waals surface area (Å²) in [5.74, 6) is 0.115. The van der Waals surface area contributed by atoms with Crippen molar-refractivity contribution in [1.82, 2.24) is 0 Å². The summed E-state index contributed by atoms with van der Waals surface area (Å²) in [6, 6.07) is 7.79. The number of hydrogen-bond acceptors (Lipinski definition) is 2. The average molecular weight is 219 g/mol. The van der Waals surface area contributed by atoms with Crippen LogP contribution in [-0.4, -0.2) is 18.4 Å². The monoisotopic (exact) mass is 219 g/mol. The zero-order valence-corrected chi connectivity index (χ0v) is 10.5. The first-order valence-electron chi connectivity index (χ1n) is 5.57. The second-order valence-electron chi connectivity index (χ2n) is 4.69. The van der Waals surface area contributed by atoms with Crippen LogP contribution in [0.25, 0.3) is 0 Å². The predicted octanol–water partition coefficient (Wildman–Crippen LogP) is 2.60. The van der Waals surface area contributed by atoms with E-state index < -0.39 is 0 Å². The quantitative estimate of drug-likeness (QED) is 0.604. The fraction of sp³-hybridized carbons (Fsp3) is 0.462. The summed E-state index contributed by atoms with van der Waals surface area (Å²) in [6.07, 6.45) is 1.08. The van der Waals surface area contributed by atoms with Crippen molar-refractivity contribution < 1.29 is 0 Å². The second-order valence-corrected chi connectivity index (χ2v) is 4.69. The Morgan fingerprint density at radius 2 is 1.81 bits per heavy atom. The van der Waals surface area contributed by atoms with Crippen LogP contribution < -0.4 is 10.6 Å². The molecule has 3 N–H and O–H groups in total. The molecular formula is C13H21N3. The number of nitrogens with one attached hydrogen (secondary N) is 1. The summed E-state index contributed by atoms with van der Waals surface area (Å²) < 4.78 is 0. The lowest BCUT2D eigenvalue weighted by atomic mass is 9.99. The van der Waals surface area contributed by atoms with Gasteiger partial charge in [-0.05, 0) is 44.5 Å². The molecule has 0 radical (unpaired) electrons. The molecule has 0 atom stereocenters. The third-order valence-electron chi connectivity index (χ3n) is 3.34. The van der Waals surface area contributed by atoms with Gasteiger partial charge in [-0.2, -0.15) is 0 Å². The Kier molecular flexibility index (Phi) is 3.58. The van der Waals surface area contributed by atoms with E-state index >= 15 is 0 Å². The predicted molar refractivity (Wildman–Crippen MR) is 70.2 cm³/mol. The maximum absolute atomic E-state index is 7.34. The Morgan fingerprint density at radius 1 is 1.31 bits per heavy atom. The van der Waals surface area contributed by atoms with Crippen molar-refractivity contribution in [2.24, 2.45) is 5.73 Å². The Morgan fingerprint density at radius 3 is 2.19 bits per heavy atom. The highest BCUT2D eigenvalue weighted by atomic mass is 15.2. The number of rotatable bonds is 4. The average Bonchev–Trinajstić information content (AvgIpc) is 2.28. The van der Waals surface area contributed by atoms with Gasteiger partial charge in [-0.1, -0.05) is 6.92 Å². The van der Waals surface area contributed by atoms with Crippen LogP contribution in [0.5, 0.6) is 0 Å². The maximum Gasteiger partial charge on any atom is 0.122 e. The first-order valence-corrected chi connectivity index (χ1v) is 5.57. The van der Waals surface area contributed by atoms with Gasteiger partial charge in [0.05, 0.1) is 0 Å². The van der Waals surface area contributed by atoms with Crippen LogP contribution in [0.2, 0.25) is 0 Å². The van der Waals surface area contributed by atoms with E-state index in [0.29, 0.717) is 0 Å². The highest BCUT2D eigenvalue weighted by Gasteiger charge is 2.21. The smallest absolute Gasteiger partial charge is 0.122 e. The standard InChI is InChI=1S/C13H21N3/c1-5-13(2,3)16(4)11-8-6-10(7-9-11)12(14)15/h6-9H,5H2,1-4H3,(H3,14,15). The molecule has 0 aliphatic rings. The van der Waals surface area contributed by atoms with Crippen molar-refractivity contribution >= 4 is 11.5 Å². The molecule has 0 fully saturated rings. The lowest BCUT2D eigenvalue weighted by Crippen LogP contribution is -2.40. The number of anilines is 1. The second kappa shape index (κ2) is 4.56. The molecule has 3 heteroatoms. The van der Waals surface area contributed by atoms with Crippen LogP contribution in [0.4, 0.5) is 5.69 Å². The number of nitrogens with two attached hydrogens (primary N) is 1. The lowest BCUT2D eigenvalue weighted by Gasteiger charge is -2.36. The molecule has 0 saturated heterocycles. The normalized spacial score (nSPS) is 11.2. The minimum Gasteiger partial charge on any atom is -0.384 e. The Hall–Kier alpha value is -1.51. The number of benzene rings is 1. The number of amidine groups is 1. The molecule has 16 heavy (non-hydrogen) atoms. The number of nitrogens with zero attached hydrogens (tertiary/aromatic N) is 1. The van der Waals surface area contributed by atoms with Gasteiger partial charge < -0.3 is 10.6 Å². The first kappa shape index (κ1) is 12.6. The summed E-state index contributed by atoms with van der Waals surface area (Å²) in [4.78, 5) is 2.25. The molecule has 0 spiro atoms. The van der Waals surface area contributed by atoms with E-state index in [1.54, 1.807) is 0 Å². The van der Waals surface area contributed by atoms with Crippen LogP contribution in [0.3, 0.4) is 0 Å². The summed E-state index contributed by atoms with van der Waals surface area (Å²) >= 11 is 0. The summed E-state index contributed by atoms with van der Waals surface area (Å²) in [7, 11) is 2.09. The van der Waals surface area contributed by atoms with Crippen LogP contribution in [0.15, 0.2) is 24.3 Å². The minimum absolute atomic E-state index is 0.115. The molecule has 0 heterocycles. The van der Waals surface area contributed by atoms with Gasteiger partial charge in [0, 0.05) is 23.8 Å².